The van der Waals surface area contributed by atoms with Crippen molar-refractivity contribution in [3.63, 3.8) is 0 Å². The Balaban J connectivity index is 1.95. The number of ether oxygens (including phenoxy) is 2. The van der Waals surface area contributed by atoms with Crippen LogP contribution < -0.4 is 10.5 Å². The number of benzene rings is 1. The second kappa shape index (κ2) is 5.87. The lowest BCUT2D eigenvalue weighted by Crippen LogP contribution is -2.15. The summed E-state index contributed by atoms with van der Waals surface area (Å²) in [5.74, 6) is 1.45. The molecule has 0 amide bonds. The van der Waals surface area contributed by atoms with Crippen LogP contribution in [-0.2, 0) is 4.74 Å². The van der Waals surface area contributed by atoms with Gasteiger partial charge in [0.05, 0.1) is 6.61 Å². The molecule has 3 nitrogen and oxygen atoms in total. The molecule has 3 heteroatoms. The third-order valence-corrected chi connectivity index (χ3v) is 2.90. The van der Waals surface area contributed by atoms with Gasteiger partial charge in [-0.2, -0.15) is 0 Å². The minimum absolute atomic E-state index is 0.553. The van der Waals surface area contributed by atoms with Crippen molar-refractivity contribution in [1.82, 2.24) is 0 Å². The molecule has 88 valence electrons. The predicted molar refractivity (Wildman–Crippen MR) is 63.8 cm³/mol. The average Bonchev–Trinajstić information content (AvgIpc) is 2.38. The molecule has 1 heterocycles. The predicted octanol–water partition coefficient (Wildman–Crippen LogP) is 1.92. The Morgan fingerprint density at radius 1 is 1.31 bits per heavy atom. The van der Waals surface area contributed by atoms with Crippen LogP contribution >= 0.6 is 0 Å². The zero-order chi connectivity index (χ0) is 11.2. The molecule has 1 saturated heterocycles. The van der Waals surface area contributed by atoms with Crippen LogP contribution in [0.4, 0.5) is 0 Å². The van der Waals surface area contributed by atoms with Gasteiger partial charge >= 0.3 is 0 Å². The molecule has 2 rings (SSSR count). The van der Waals surface area contributed by atoms with Crippen LogP contribution in [-0.4, -0.2) is 26.4 Å². The molecule has 16 heavy (non-hydrogen) atoms. The van der Waals surface area contributed by atoms with Crippen LogP contribution in [0.1, 0.15) is 24.3 Å². The zero-order valence-electron chi connectivity index (χ0n) is 9.52. The standard InChI is InChI=1S/C13H19NO2/c14-7-9-16-13-5-3-11(4-6-13)12-2-1-8-15-10-12/h3-6,12H,1-2,7-10,14H2. The van der Waals surface area contributed by atoms with Crippen molar-refractivity contribution in [2.24, 2.45) is 5.73 Å². The van der Waals surface area contributed by atoms with Crippen LogP contribution in [0.5, 0.6) is 5.75 Å². The van der Waals surface area contributed by atoms with Gasteiger partial charge in [-0.05, 0) is 30.5 Å². The van der Waals surface area contributed by atoms with Crippen LogP contribution in [0.15, 0.2) is 24.3 Å². The van der Waals surface area contributed by atoms with E-state index < -0.39 is 0 Å². The van der Waals surface area contributed by atoms with Gasteiger partial charge < -0.3 is 15.2 Å². The first-order valence-corrected chi connectivity index (χ1v) is 5.90. The first kappa shape index (κ1) is 11.4. The van der Waals surface area contributed by atoms with Crippen LogP contribution in [0, 0.1) is 0 Å². The summed E-state index contributed by atoms with van der Waals surface area (Å²) < 4.78 is 10.9. The molecule has 1 aromatic rings. The largest absolute Gasteiger partial charge is 0.492 e. The van der Waals surface area contributed by atoms with Gasteiger partial charge in [0.2, 0.25) is 0 Å². The van der Waals surface area contributed by atoms with E-state index in [2.05, 4.69) is 12.1 Å². The third-order valence-electron chi connectivity index (χ3n) is 2.90. The Bertz CT molecular complexity index is 304. The fourth-order valence-corrected chi connectivity index (χ4v) is 2.02. The maximum Gasteiger partial charge on any atom is 0.119 e. The minimum Gasteiger partial charge on any atom is -0.492 e. The fraction of sp³-hybridized carbons (Fsp3) is 0.538. The molecule has 0 aromatic heterocycles. The first-order chi connectivity index (χ1) is 7.90. The Morgan fingerprint density at radius 2 is 2.12 bits per heavy atom. The average molecular weight is 221 g/mol. The summed E-state index contributed by atoms with van der Waals surface area (Å²) in [6.45, 7) is 2.89. The Kier molecular flexibility index (Phi) is 4.19. The molecule has 2 N–H and O–H groups in total. The lowest BCUT2D eigenvalue weighted by atomic mass is 9.94. The van der Waals surface area contributed by atoms with E-state index in [1.54, 1.807) is 0 Å². The van der Waals surface area contributed by atoms with Gasteiger partial charge in [-0.25, -0.2) is 0 Å². The van der Waals surface area contributed by atoms with E-state index in [0.717, 1.165) is 25.4 Å². The smallest absolute Gasteiger partial charge is 0.119 e. The van der Waals surface area contributed by atoms with E-state index in [4.69, 9.17) is 15.2 Å². The van der Waals surface area contributed by atoms with Crippen molar-refractivity contribution < 1.29 is 9.47 Å². The minimum atomic E-state index is 0.553. The number of rotatable bonds is 4. The van der Waals surface area contributed by atoms with Gasteiger partial charge in [0.1, 0.15) is 12.4 Å². The Hall–Kier alpha value is -1.06. The highest BCUT2D eigenvalue weighted by molar-refractivity contribution is 5.29. The molecular formula is C13H19NO2. The van der Waals surface area contributed by atoms with Gasteiger partial charge in [-0.15, -0.1) is 0 Å². The van der Waals surface area contributed by atoms with Crippen molar-refractivity contribution in [3.8, 4) is 5.75 Å². The SMILES string of the molecule is NCCOc1ccc(C2CCCOC2)cc1. The second-order valence-corrected chi connectivity index (χ2v) is 4.12. The maximum absolute atomic E-state index is 5.48. The Labute approximate surface area is 96.5 Å². The van der Waals surface area contributed by atoms with Crippen molar-refractivity contribution in [1.29, 1.82) is 0 Å². The first-order valence-electron chi connectivity index (χ1n) is 5.90. The summed E-state index contributed by atoms with van der Waals surface area (Å²) in [5.41, 5.74) is 6.73. The lowest BCUT2D eigenvalue weighted by molar-refractivity contribution is 0.0804. The van der Waals surface area contributed by atoms with Gasteiger partial charge in [0.15, 0.2) is 0 Å². The number of hydrogen-bond donors (Lipinski definition) is 1. The molecule has 1 fully saturated rings. The lowest BCUT2D eigenvalue weighted by Gasteiger charge is -2.22. The van der Waals surface area contributed by atoms with Crippen molar-refractivity contribution >= 4 is 0 Å². The summed E-state index contributed by atoms with van der Waals surface area (Å²) in [4.78, 5) is 0. The molecule has 1 unspecified atom stereocenters. The highest BCUT2D eigenvalue weighted by Crippen LogP contribution is 2.26. The van der Waals surface area contributed by atoms with Crippen LogP contribution in [0.25, 0.3) is 0 Å². The van der Waals surface area contributed by atoms with Crippen LogP contribution in [0.2, 0.25) is 0 Å². The van der Waals surface area contributed by atoms with E-state index in [1.807, 2.05) is 12.1 Å². The normalized spacial score (nSPS) is 20.7. The summed E-state index contributed by atoms with van der Waals surface area (Å²) in [6, 6.07) is 8.29. The fourth-order valence-electron chi connectivity index (χ4n) is 2.02. The molecule has 0 aliphatic carbocycles. The van der Waals surface area contributed by atoms with E-state index in [1.165, 1.54) is 12.0 Å². The Morgan fingerprint density at radius 3 is 2.75 bits per heavy atom. The number of nitrogens with two attached hydrogens (primary N) is 1. The highest BCUT2D eigenvalue weighted by atomic mass is 16.5. The quantitative estimate of drug-likeness (QED) is 0.844. The van der Waals surface area contributed by atoms with Gasteiger partial charge in [-0.3, -0.25) is 0 Å². The monoisotopic (exact) mass is 221 g/mol. The van der Waals surface area contributed by atoms with Crippen LogP contribution in [0.3, 0.4) is 0 Å². The molecule has 1 aromatic carbocycles. The summed E-state index contributed by atoms with van der Waals surface area (Å²) in [5, 5.41) is 0. The molecule has 1 atom stereocenters. The zero-order valence-corrected chi connectivity index (χ0v) is 9.52. The third kappa shape index (κ3) is 2.97. The molecule has 0 spiro atoms. The molecule has 0 bridgehead atoms. The van der Waals surface area contributed by atoms with E-state index in [9.17, 15) is 0 Å². The highest BCUT2D eigenvalue weighted by Gasteiger charge is 2.15. The van der Waals surface area contributed by atoms with E-state index in [0.29, 0.717) is 19.1 Å². The van der Waals surface area contributed by atoms with Gasteiger partial charge in [-0.1, -0.05) is 12.1 Å². The van der Waals surface area contributed by atoms with Gasteiger partial charge in [0, 0.05) is 19.1 Å². The topological polar surface area (TPSA) is 44.5 Å². The molecular weight excluding hydrogens is 202 g/mol. The van der Waals surface area contributed by atoms with Crippen molar-refractivity contribution in [2.45, 2.75) is 18.8 Å². The summed E-state index contributed by atoms with van der Waals surface area (Å²) in [7, 11) is 0. The molecule has 0 saturated carbocycles. The second-order valence-electron chi connectivity index (χ2n) is 4.12. The molecule has 1 aliphatic heterocycles. The maximum atomic E-state index is 5.48. The van der Waals surface area contributed by atoms with Crippen molar-refractivity contribution in [2.75, 3.05) is 26.4 Å². The summed E-state index contributed by atoms with van der Waals surface area (Å²) in [6.07, 6.45) is 2.39. The molecule has 1 aliphatic rings. The summed E-state index contributed by atoms with van der Waals surface area (Å²) >= 11 is 0. The van der Waals surface area contributed by atoms with Crippen molar-refractivity contribution in [3.05, 3.63) is 29.8 Å². The number of hydrogen-bond acceptors (Lipinski definition) is 3. The van der Waals surface area contributed by atoms with Gasteiger partial charge in [0.25, 0.3) is 0 Å². The van der Waals surface area contributed by atoms with E-state index in [-0.39, 0.29) is 0 Å². The van der Waals surface area contributed by atoms with E-state index >= 15 is 0 Å². The molecule has 0 radical (unpaired) electrons.